The van der Waals surface area contributed by atoms with Crippen molar-refractivity contribution in [3.63, 3.8) is 0 Å². The molecule has 0 aliphatic heterocycles. The molecule has 1 heterocycles. The van der Waals surface area contributed by atoms with Crippen LogP contribution in [0.25, 0.3) is 11.3 Å². The highest BCUT2D eigenvalue weighted by molar-refractivity contribution is 6.32. The quantitative estimate of drug-likeness (QED) is 0.359. The third-order valence-corrected chi connectivity index (χ3v) is 2.93. The Balaban J connectivity index is 2.18. The number of guanidine groups is 1. The maximum Gasteiger partial charge on any atom is 0.288 e. The zero-order valence-electron chi connectivity index (χ0n) is 11.7. The van der Waals surface area contributed by atoms with Crippen molar-refractivity contribution in [2.24, 2.45) is 15.9 Å². The van der Waals surface area contributed by atoms with E-state index in [9.17, 15) is 20.2 Å². The van der Waals surface area contributed by atoms with Crippen molar-refractivity contribution in [2.45, 2.75) is 0 Å². The third-order valence-electron chi connectivity index (χ3n) is 2.61. The number of furan rings is 1. The van der Waals surface area contributed by atoms with Gasteiger partial charge in [0.1, 0.15) is 16.5 Å². The molecule has 24 heavy (non-hydrogen) atoms. The van der Waals surface area contributed by atoms with Crippen LogP contribution in [0.2, 0.25) is 5.02 Å². The number of hydrogen-bond acceptors (Lipinski definition) is 7. The summed E-state index contributed by atoms with van der Waals surface area (Å²) >= 11 is 5.74. The average molecular weight is 353 g/mol. The summed E-state index contributed by atoms with van der Waals surface area (Å²) in [6.07, 6.45) is 1.17. The van der Waals surface area contributed by atoms with Crippen LogP contribution in [0.3, 0.4) is 0 Å². The van der Waals surface area contributed by atoms with Gasteiger partial charge in [0.2, 0.25) is 0 Å². The molecule has 11 nitrogen and oxygen atoms in total. The number of nitrogens with zero attached hydrogens (tertiary/aromatic N) is 4. The second kappa shape index (κ2) is 7.19. The monoisotopic (exact) mass is 352 g/mol. The van der Waals surface area contributed by atoms with Crippen LogP contribution in [0.4, 0.5) is 5.69 Å². The van der Waals surface area contributed by atoms with Crippen molar-refractivity contribution in [1.29, 1.82) is 0 Å². The molecule has 1 aromatic carbocycles. The van der Waals surface area contributed by atoms with Crippen molar-refractivity contribution < 1.29 is 14.4 Å². The molecule has 0 amide bonds. The second-order valence-corrected chi connectivity index (χ2v) is 4.63. The van der Waals surface area contributed by atoms with Crippen LogP contribution in [-0.4, -0.2) is 22.1 Å². The highest BCUT2D eigenvalue weighted by Crippen LogP contribution is 2.30. The molecule has 0 fully saturated rings. The maximum atomic E-state index is 10.9. The van der Waals surface area contributed by atoms with Crippen LogP contribution >= 0.6 is 11.6 Å². The van der Waals surface area contributed by atoms with E-state index in [1.165, 1.54) is 24.4 Å². The number of benzene rings is 1. The Labute approximate surface area is 138 Å². The minimum Gasteiger partial charge on any atom is -0.455 e. The minimum absolute atomic E-state index is 0.0141. The summed E-state index contributed by atoms with van der Waals surface area (Å²) in [5.41, 5.74) is 6.98. The van der Waals surface area contributed by atoms with Crippen LogP contribution in [0, 0.1) is 20.2 Å². The summed E-state index contributed by atoms with van der Waals surface area (Å²) in [6, 6.07) is 7.33. The molecular weight excluding hydrogens is 344 g/mol. The number of hydrazine groups is 1. The SMILES string of the molecule is N/C(=N\N=C/c1ccc(-c2ccc(Cl)c([N+](=O)[O-])c2)o1)N[N+](=O)[O-]. The predicted octanol–water partition coefficient (Wildman–Crippen LogP) is 1.94. The smallest absolute Gasteiger partial charge is 0.288 e. The maximum absolute atomic E-state index is 10.9. The number of nitrogens with one attached hydrogen (secondary N) is 1. The Morgan fingerprint density at radius 1 is 1.29 bits per heavy atom. The molecule has 0 spiro atoms. The molecule has 3 N–H and O–H groups in total. The lowest BCUT2D eigenvalue weighted by Gasteiger charge is -1.99. The van der Waals surface area contributed by atoms with Gasteiger partial charge < -0.3 is 10.2 Å². The lowest BCUT2D eigenvalue weighted by Crippen LogP contribution is -2.35. The summed E-state index contributed by atoms with van der Waals surface area (Å²) in [6.45, 7) is 0. The van der Waals surface area contributed by atoms with E-state index < -0.39 is 15.9 Å². The first-order chi connectivity index (χ1) is 11.4. The van der Waals surface area contributed by atoms with Gasteiger partial charge in [0.25, 0.3) is 11.6 Å². The molecule has 0 aliphatic carbocycles. The number of hydrogen-bond donors (Lipinski definition) is 2. The van der Waals surface area contributed by atoms with Crippen LogP contribution in [0.1, 0.15) is 5.76 Å². The van der Waals surface area contributed by atoms with E-state index in [1.54, 1.807) is 17.6 Å². The van der Waals surface area contributed by atoms with E-state index in [0.717, 1.165) is 0 Å². The zero-order valence-corrected chi connectivity index (χ0v) is 12.5. The number of halogens is 1. The van der Waals surface area contributed by atoms with Gasteiger partial charge in [0.05, 0.1) is 11.1 Å². The standard InChI is InChI=1S/C12H9ClN6O5/c13-9-3-1-7(5-10(9)18(20)21)11-4-2-8(24-11)6-15-16-12(14)17-19(22)23/h1-6H,(H3,14,16,17)/b15-6-. The van der Waals surface area contributed by atoms with Crippen LogP contribution in [-0.2, 0) is 0 Å². The van der Waals surface area contributed by atoms with Crippen LogP contribution in [0.5, 0.6) is 0 Å². The third kappa shape index (κ3) is 4.27. The van der Waals surface area contributed by atoms with Crippen LogP contribution in [0.15, 0.2) is 45.0 Å². The predicted molar refractivity (Wildman–Crippen MR) is 85.2 cm³/mol. The largest absolute Gasteiger partial charge is 0.455 e. The molecule has 0 saturated carbocycles. The fraction of sp³-hybridized carbons (Fsp3) is 0. The summed E-state index contributed by atoms with van der Waals surface area (Å²) in [4.78, 5) is 20.4. The first-order valence-corrected chi connectivity index (χ1v) is 6.56. The van der Waals surface area contributed by atoms with Gasteiger partial charge in [0, 0.05) is 11.6 Å². The first kappa shape index (κ1) is 16.9. The second-order valence-electron chi connectivity index (χ2n) is 4.22. The van der Waals surface area contributed by atoms with Gasteiger partial charge in [-0.05, 0) is 24.3 Å². The summed E-state index contributed by atoms with van der Waals surface area (Å²) in [5, 5.41) is 27.0. The molecule has 0 saturated heterocycles. The Hall–Kier alpha value is -3.47. The highest BCUT2D eigenvalue weighted by atomic mass is 35.5. The van der Waals surface area contributed by atoms with Crippen molar-refractivity contribution in [2.75, 3.05) is 0 Å². The first-order valence-electron chi connectivity index (χ1n) is 6.18. The molecule has 12 heteroatoms. The van der Waals surface area contributed by atoms with E-state index >= 15 is 0 Å². The van der Waals surface area contributed by atoms with E-state index in [2.05, 4.69) is 10.2 Å². The van der Waals surface area contributed by atoms with Crippen LogP contribution < -0.4 is 11.2 Å². The molecular formula is C12H9ClN6O5. The average Bonchev–Trinajstić information content (AvgIpc) is 2.95. The minimum atomic E-state index is -0.882. The fourth-order valence-corrected chi connectivity index (χ4v) is 1.83. The van der Waals surface area contributed by atoms with E-state index in [1.807, 2.05) is 0 Å². The Morgan fingerprint density at radius 2 is 2.04 bits per heavy atom. The van der Waals surface area contributed by atoms with Crippen molar-refractivity contribution in [1.82, 2.24) is 5.43 Å². The zero-order chi connectivity index (χ0) is 17.7. The molecule has 1 aromatic heterocycles. The fourth-order valence-electron chi connectivity index (χ4n) is 1.65. The molecule has 0 unspecified atom stereocenters. The molecule has 2 aromatic rings. The normalized spacial score (nSPS) is 11.6. The molecule has 124 valence electrons. The van der Waals surface area contributed by atoms with Gasteiger partial charge in [-0.15, -0.1) is 5.10 Å². The summed E-state index contributed by atoms with van der Waals surface area (Å²) < 4.78 is 5.43. The van der Waals surface area contributed by atoms with Crippen molar-refractivity contribution >= 4 is 29.5 Å². The highest BCUT2D eigenvalue weighted by Gasteiger charge is 2.15. The summed E-state index contributed by atoms with van der Waals surface area (Å²) in [5.74, 6) is 0.105. The van der Waals surface area contributed by atoms with Gasteiger partial charge in [-0.1, -0.05) is 17.0 Å². The molecule has 0 radical (unpaired) electrons. The van der Waals surface area contributed by atoms with Gasteiger partial charge in [-0.3, -0.25) is 10.1 Å². The molecule has 0 atom stereocenters. The van der Waals surface area contributed by atoms with Gasteiger partial charge >= 0.3 is 0 Å². The van der Waals surface area contributed by atoms with Gasteiger partial charge in [-0.25, -0.2) is 10.1 Å². The van der Waals surface area contributed by atoms with E-state index in [-0.39, 0.29) is 16.5 Å². The number of rotatable bonds is 5. The van der Waals surface area contributed by atoms with Gasteiger partial charge in [0.15, 0.2) is 5.03 Å². The summed E-state index contributed by atoms with van der Waals surface area (Å²) in [7, 11) is 0. The molecule has 0 aliphatic rings. The Kier molecular flexibility index (Phi) is 5.06. The molecule has 2 rings (SSSR count). The Morgan fingerprint density at radius 3 is 2.71 bits per heavy atom. The number of nitro benzene ring substituents is 1. The number of nitro groups is 2. The molecule has 0 bridgehead atoms. The lowest BCUT2D eigenvalue weighted by atomic mass is 10.1. The van der Waals surface area contributed by atoms with Crippen molar-refractivity contribution in [3.8, 4) is 11.3 Å². The Bertz CT molecular complexity index is 846. The lowest BCUT2D eigenvalue weighted by molar-refractivity contribution is -0.525. The van der Waals surface area contributed by atoms with E-state index in [4.69, 9.17) is 21.8 Å². The topological polar surface area (TPSA) is 162 Å². The van der Waals surface area contributed by atoms with Crippen molar-refractivity contribution in [3.05, 3.63) is 61.3 Å². The number of nitrogens with two attached hydrogens (primary N) is 1. The van der Waals surface area contributed by atoms with Gasteiger partial charge in [-0.2, -0.15) is 5.10 Å². The van der Waals surface area contributed by atoms with E-state index in [0.29, 0.717) is 11.3 Å².